The van der Waals surface area contributed by atoms with Crippen LogP contribution in [0.25, 0.3) is 16.6 Å². The smallest absolute Gasteiger partial charge is 0.293 e. The van der Waals surface area contributed by atoms with Gasteiger partial charge in [-0.3, -0.25) is 19.0 Å². The van der Waals surface area contributed by atoms with Crippen molar-refractivity contribution in [1.29, 1.82) is 0 Å². The molecule has 2 bridgehead atoms. The quantitative estimate of drug-likeness (QED) is 0.582. The summed E-state index contributed by atoms with van der Waals surface area (Å²) in [4.78, 5) is 51.0. The highest BCUT2D eigenvalue weighted by atomic mass is 16.2. The largest absolute Gasteiger partial charge is 0.336 e. The summed E-state index contributed by atoms with van der Waals surface area (Å²) in [5.74, 6) is -1.16. The summed E-state index contributed by atoms with van der Waals surface area (Å²) in [6.07, 6.45) is 0.417. The topological polar surface area (TPSA) is 78.1 Å². The van der Waals surface area contributed by atoms with E-state index in [1.165, 1.54) is 4.57 Å². The highest BCUT2D eigenvalue weighted by Gasteiger charge is 2.25. The molecule has 0 spiro atoms. The molecular weight excluding hydrogens is 332 g/mol. The standard InChI is InChI=1S/C20H16N2O4/c1-12-8-9-16-14(11-12)18(24)17(23)7-4-10-21-15-6-3-2-5-13(15)19(25)22(16)20(21)26/h2-3,5-6,8-9,11H,4,7,10H2,1H3. The third-order valence-electron chi connectivity index (χ3n) is 4.73. The molecule has 1 aliphatic rings. The Morgan fingerprint density at radius 3 is 2.54 bits per heavy atom. The Hall–Kier alpha value is -3.28. The van der Waals surface area contributed by atoms with Gasteiger partial charge in [-0.2, -0.15) is 0 Å². The van der Waals surface area contributed by atoms with Crippen LogP contribution in [-0.4, -0.2) is 20.7 Å². The number of carbonyl (C=O) groups is 2. The fourth-order valence-corrected chi connectivity index (χ4v) is 3.44. The van der Waals surface area contributed by atoms with Crippen LogP contribution in [0, 0.1) is 6.92 Å². The predicted molar refractivity (Wildman–Crippen MR) is 97.1 cm³/mol. The summed E-state index contributed by atoms with van der Waals surface area (Å²) in [6, 6.07) is 11.7. The lowest BCUT2D eigenvalue weighted by Gasteiger charge is -2.17. The van der Waals surface area contributed by atoms with E-state index in [1.54, 1.807) is 49.4 Å². The van der Waals surface area contributed by atoms with E-state index >= 15 is 0 Å². The maximum atomic E-state index is 13.1. The Labute approximate surface area is 148 Å². The summed E-state index contributed by atoms with van der Waals surface area (Å²) < 4.78 is 2.51. The number of carbonyl (C=O) groups excluding carboxylic acids is 2. The molecule has 26 heavy (non-hydrogen) atoms. The van der Waals surface area contributed by atoms with Gasteiger partial charge in [0.2, 0.25) is 11.6 Å². The van der Waals surface area contributed by atoms with Gasteiger partial charge >= 0.3 is 5.69 Å². The van der Waals surface area contributed by atoms with E-state index in [2.05, 4.69) is 0 Å². The number of Topliss-reactive ketones (excluding diaryl/α,β-unsaturated/α-hetero) is 2. The second-order valence-electron chi connectivity index (χ2n) is 6.47. The van der Waals surface area contributed by atoms with Gasteiger partial charge < -0.3 is 0 Å². The van der Waals surface area contributed by atoms with Crippen LogP contribution in [0.4, 0.5) is 0 Å². The molecule has 0 atom stereocenters. The van der Waals surface area contributed by atoms with E-state index in [0.29, 0.717) is 17.3 Å². The first-order valence-corrected chi connectivity index (χ1v) is 8.42. The molecule has 2 heterocycles. The normalized spacial score (nSPS) is 14.3. The van der Waals surface area contributed by atoms with Crippen molar-refractivity contribution in [2.45, 2.75) is 26.3 Å². The number of ketones is 2. The molecule has 0 fully saturated rings. The van der Waals surface area contributed by atoms with Gasteiger partial charge in [0.05, 0.1) is 22.2 Å². The molecule has 0 saturated heterocycles. The Balaban J connectivity index is 2.21. The van der Waals surface area contributed by atoms with Gasteiger partial charge in [-0.05, 0) is 37.6 Å². The number of para-hydroxylation sites is 1. The summed E-state index contributed by atoms with van der Waals surface area (Å²) >= 11 is 0. The van der Waals surface area contributed by atoms with Crippen LogP contribution in [0.1, 0.15) is 28.8 Å². The zero-order valence-corrected chi connectivity index (χ0v) is 14.2. The number of aryl methyl sites for hydroxylation is 2. The van der Waals surface area contributed by atoms with Crippen LogP contribution < -0.4 is 11.2 Å². The van der Waals surface area contributed by atoms with E-state index in [0.717, 1.165) is 10.1 Å². The molecular formula is C20H16N2O4. The summed E-state index contributed by atoms with van der Waals surface area (Å²) in [5, 5.41) is 0.401. The van der Waals surface area contributed by atoms with Crippen molar-refractivity contribution in [2.24, 2.45) is 0 Å². The summed E-state index contributed by atoms with van der Waals surface area (Å²) in [6.45, 7) is 2.05. The first kappa shape index (κ1) is 16.2. The molecule has 2 aromatic carbocycles. The monoisotopic (exact) mass is 348 g/mol. The highest BCUT2D eigenvalue weighted by Crippen LogP contribution is 2.19. The number of fused-ring (bicyclic) bond motifs is 6. The number of aromatic nitrogens is 2. The van der Waals surface area contributed by atoms with Gasteiger partial charge in [0, 0.05) is 13.0 Å². The van der Waals surface area contributed by atoms with Crippen LogP contribution >= 0.6 is 0 Å². The number of hydrogen-bond donors (Lipinski definition) is 0. The second-order valence-corrected chi connectivity index (χ2v) is 6.47. The predicted octanol–water partition coefficient (Wildman–Crippen LogP) is 2.01. The molecule has 0 unspecified atom stereocenters. The Morgan fingerprint density at radius 2 is 1.73 bits per heavy atom. The van der Waals surface area contributed by atoms with Crippen LogP contribution in [0.15, 0.2) is 52.1 Å². The zero-order chi connectivity index (χ0) is 18.4. The van der Waals surface area contributed by atoms with E-state index < -0.39 is 22.8 Å². The second kappa shape index (κ2) is 5.91. The van der Waals surface area contributed by atoms with Crippen LogP contribution in [0.5, 0.6) is 0 Å². The van der Waals surface area contributed by atoms with Gasteiger partial charge in [-0.25, -0.2) is 9.36 Å². The lowest BCUT2D eigenvalue weighted by Crippen LogP contribution is -2.40. The zero-order valence-electron chi connectivity index (χ0n) is 14.2. The Bertz CT molecular complexity index is 1200. The van der Waals surface area contributed by atoms with Crippen LogP contribution in [0.3, 0.4) is 0 Å². The Kier molecular flexibility index (Phi) is 3.68. The van der Waals surface area contributed by atoms with Crippen molar-refractivity contribution in [2.75, 3.05) is 0 Å². The van der Waals surface area contributed by atoms with E-state index in [4.69, 9.17) is 0 Å². The fraction of sp³-hybridized carbons (Fsp3) is 0.200. The third-order valence-corrected chi connectivity index (χ3v) is 4.73. The summed E-state index contributed by atoms with van der Waals surface area (Å²) in [5.41, 5.74) is 0.569. The van der Waals surface area contributed by atoms with Crippen molar-refractivity contribution in [3.8, 4) is 5.69 Å². The molecule has 6 nitrogen and oxygen atoms in total. The lowest BCUT2D eigenvalue weighted by molar-refractivity contribution is -0.115. The lowest BCUT2D eigenvalue weighted by atomic mass is 9.99. The third kappa shape index (κ3) is 2.34. The van der Waals surface area contributed by atoms with Crippen LogP contribution in [0.2, 0.25) is 0 Å². The number of benzene rings is 2. The average Bonchev–Trinajstić information content (AvgIpc) is 2.64. The number of rotatable bonds is 0. The first-order valence-electron chi connectivity index (χ1n) is 8.42. The molecule has 1 aromatic heterocycles. The van der Waals surface area contributed by atoms with Gasteiger partial charge in [0.1, 0.15) is 0 Å². The molecule has 3 aromatic rings. The van der Waals surface area contributed by atoms with Crippen LogP contribution in [-0.2, 0) is 11.3 Å². The molecule has 6 heteroatoms. The highest BCUT2D eigenvalue weighted by molar-refractivity contribution is 6.44. The number of hydrogen-bond acceptors (Lipinski definition) is 4. The summed E-state index contributed by atoms with van der Waals surface area (Å²) in [7, 11) is 0. The van der Waals surface area contributed by atoms with Gasteiger partial charge in [0.25, 0.3) is 5.56 Å². The van der Waals surface area contributed by atoms with Crippen molar-refractivity contribution < 1.29 is 9.59 Å². The van der Waals surface area contributed by atoms with E-state index in [1.807, 2.05) is 0 Å². The molecule has 0 amide bonds. The van der Waals surface area contributed by atoms with Crippen molar-refractivity contribution in [3.05, 3.63) is 74.4 Å². The van der Waals surface area contributed by atoms with Gasteiger partial charge in [-0.15, -0.1) is 0 Å². The molecule has 0 radical (unpaired) electrons. The molecule has 0 N–H and O–H groups in total. The molecule has 1 aliphatic heterocycles. The minimum absolute atomic E-state index is 0.0616. The molecule has 130 valence electrons. The van der Waals surface area contributed by atoms with Gasteiger partial charge in [-0.1, -0.05) is 23.8 Å². The maximum absolute atomic E-state index is 13.1. The average molecular weight is 348 g/mol. The van der Waals surface area contributed by atoms with Crippen molar-refractivity contribution >= 4 is 22.5 Å². The minimum atomic E-state index is -0.656. The fourth-order valence-electron chi connectivity index (χ4n) is 3.44. The number of nitrogens with zero attached hydrogens (tertiary/aromatic N) is 2. The molecule has 0 aliphatic carbocycles. The molecule has 4 rings (SSSR count). The van der Waals surface area contributed by atoms with Crippen molar-refractivity contribution in [1.82, 2.24) is 9.13 Å². The maximum Gasteiger partial charge on any atom is 0.336 e. The first-order chi connectivity index (χ1) is 12.5. The SMILES string of the molecule is Cc1ccc2c(c1)C(=O)C(=O)CCCn1c(=O)n-2c(=O)c2ccccc21. The Morgan fingerprint density at radius 1 is 0.962 bits per heavy atom. The van der Waals surface area contributed by atoms with Crippen molar-refractivity contribution in [3.63, 3.8) is 0 Å². The van der Waals surface area contributed by atoms with E-state index in [-0.39, 0.29) is 24.2 Å². The minimum Gasteiger partial charge on any atom is -0.293 e. The van der Waals surface area contributed by atoms with E-state index in [9.17, 15) is 19.2 Å². The van der Waals surface area contributed by atoms with Gasteiger partial charge in [0.15, 0.2) is 0 Å². The molecule has 0 saturated carbocycles.